The van der Waals surface area contributed by atoms with E-state index in [9.17, 15) is 18.4 Å². The largest absolute Gasteiger partial charge is 0.326 e. The van der Waals surface area contributed by atoms with Gasteiger partial charge in [0.05, 0.1) is 6.42 Å². The Morgan fingerprint density at radius 1 is 0.875 bits per heavy atom. The maximum atomic E-state index is 13.5. The highest BCUT2D eigenvalue weighted by Crippen LogP contribution is 2.24. The minimum absolute atomic E-state index is 0.119. The van der Waals surface area contributed by atoms with Gasteiger partial charge in [-0.25, -0.2) is 13.6 Å². The second-order valence-corrected chi connectivity index (χ2v) is 7.74. The minimum Gasteiger partial charge on any atom is -0.326 e. The van der Waals surface area contributed by atoms with Crippen molar-refractivity contribution in [3.63, 3.8) is 0 Å². The number of rotatable bonds is 6. The number of hydrogen-bond donors (Lipinski definition) is 1. The average Bonchev–Trinajstić information content (AvgIpc) is 2.76. The fourth-order valence-corrected chi connectivity index (χ4v) is 3.80. The molecule has 0 unspecified atom stereocenters. The Kier molecular flexibility index (Phi) is 6.44. The smallest absolute Gasteiger partial charge is 0.324 e. The number of nitrogens with one attached hydrogen (secondary N) is 1. The van der Waals surface area contributed by atoms with Gasteiger partial charge in [0, 0.05) is 37.1 Å². The number of carbonyl (C=O) groups is 2. The van der Waals surface area contributed by atoms with E-state index in [1.807, 2.05) is 30.3 Å². The van der Waals surface area contributed by atoms with Crippen LogP contribution in [0.4, 0.5) is 25.0 Å². The number of halogens is 2. The van der Waals surface area contributed by atoms with Crippen LogP contribution in [0.25, 0.3) is 0 Å². The number of benzene rings is 3. The second-order valence-electron chi connectivity index (χ2n) is 7.74. The summed E-state index contributed by atoms with van der Waals surface area (Å²) in [4.78, 5) is 28.4. The standard InChI is InChI=1S/C25H23F2N3O2/c26-20-13-19(14-21(27)16-20)17-29-11-4-12-30(25(29)32)23-9-7-22(8-10-23)28-24(31)15-18-5-2-1-3-6-18/h1-3,5-10,13-14,16H,4,11-12,15,17H2,(H,28,31). The normalized spacial score (nSPS) is 13.9. The average molecular weight is 435 g/mol. The highest BCUT2D eigenvalue weighted by Gasteiger charge is 2.27. The summed E-state index contributed by atoms with van der Waals surface area (Å²) < 4.78 is 27.0. The summed E-state index contributed by atoms with van der Waals surface area (Å²) in [6.45, 7) is 1.20. The lowest BCUT2D eigenvalue weighted by atomic mass is 10.1. The molecule has 0 aliphatic carbocycles. The van der Waals surface area contributed by atoms with Crippen molar-refractivity contribution >= 4 is 23.3 Å². The molecule has 0 radical (unpaired) electrons. The van der Waals surface area contributed by atoms with Gasteiger partial charge in [-0.05, 0) is 53.9 Å². The summed E-state index contributed by atoms with van der Waals surface area (Å²) in [6.07, 6.45) is 1.02. The van der Waals surface area contributed by atoms with Gasteiger partial charge in [-0.1, -0.05) is 30.3 Å². The molecule has 0 aromatic heterocycles. The van der Waals surface area contributed by atoms with E-state index in [1.54, 1.807) is 34.1 Å². The van der Waals surface area contributed by atoms with E-state index in [2.05, 4.69) is 5.32 Å². The van der Waals surface area contributed by atoms with E-state index in [1.165, 1.54) is 12.1 Å². The third-order valence-corrected chi connectivity index (χ3v) is 5.28. The minimum atomic E-state index is -0.661. The Morgan fingerprint density at radius 3 is 2.25 bits per heavy atom. The van der Waals surface area contributed by atoms with Crippen LogP contribution in [0.1, 0.15) is 17.5 Å². The number of urea groups is 1. The van der Waals surface area contributed by atoms with E-state index in [4.69, 9.17) is 0 Å². The molecule has 3 amide bonds. The van der Waals surface area contributed by atoms with Crippen LogP contribution in [-0.4, -0.2) is 29.9 Å². The Bertz CT molecular complexity index is 1080. The third kappa shape index (κ3) is 5.29. The van der Waals surface area contributed by atoms with Crippen molar-refractivity contribution < 1.29 is 18.4 Å². The summed E-state index contributed by atoms with van der Waals surface area (Å²) in [5.41, 5.74) is 2.69. The molecular formula is C25H23F2N3O2. The number of anilines is 2. The SMILES string of the molecule is O=C(Cc1ccccc1)Nc1ccc(N2CCCN(Cc3cc(F)cc(F)c3)C2=O)cc1. The zero-order valence-corrected chi connectivity index (χ0v) is 17.4. The van der Waals surface area contributed by atoms with Crippen molar-refractivity contribution in [1.82, 2.24) is 4.90 Å². The van der Waals surface area contributed by atoms with E-state index in [-0.39, 0.29) is 24.9 Å². The molecule has 1 aliphatic rings. The van der Waals surface area contributed by atoms with Crippen LogP contribution in [0.15, 0.2) is 72.8 Å². The van der Waals surface area contributed by atoms with Crippen LogP contribution in [0.5, 0.6) is 0 Å². The topological polar surface area (TPSA) is 52.7 Å². The summed E-state index contributed by atoms with van der Waals surface area (Å²) in [5, 5.41) is 2.86. The molecule has 3 aromatic carbocycles. The first-order chi connectivity index (χ1) is 15.5. The molecule has 0 saturated carbocycles. The Hall–Kier alpha value is -3.74. The van der Waals surface area contributed by atoms with E-state index >= 15 is 0 Å². The zero-order chi connectivity index (χ0) is 22.5. The van der Waals surface area contributed by atoms with Gasteiger partial charge in [0.15, 0.2) is 0 Å². The van der Waals surface area contributed by atoms with E-state index < -0.39 is 11.6 Å². The van der Waals surface area contributed by atoms with Gasteiger partial charge in [-0.3, -0.25) is 9.69 Å². The maximum absolute atomic E-state index is 13.5. The van der Waals surface area contributed by atoms with Gasteiger partial charge in [0.1, 0.15) is 11.6 Å². The van der Waals surface area contributed by atoms with Crippen LogP contribution in [0.2, 0.25) is 0 Å². The molecule has 1 heterocycles. The molecule has 0 atom stereocenters. The quantitative estimate of drug-likeness (QED) is 0.594. The van der Waals surface area contributed by atoms with Crippen molar-refractivity contribution in [2.24, 2.45) is 0 Å². The predicted molar refractivity (Wildman–Crippen MR) is 119 cm³/mol. The monoisotopic (exact) mass is 435 g/mol. The lowest BCUT2D eigenvalue weighted by molar-refractivity contribution is -0.115. The molecule has 5 nitrogen and oxygen atoms in total. The molecule has 1 aliphatic heterocycles. The Morgan fingerprint density at radius 2 is 1.56 bits per heavy atom. The van der Waals surface area contributed by atoms with E-state index in [0.29, 0.717) is 30.0 Å². The molecule has 7 heteroatoms. The van der Waals surface area contributed by atoms with Crippen LogP contribution < -0.4 is 10.2 Å². The molecule has 164 valence electrons. The van der Waals surface area contributed by atoms with Gasteiger partial charge in [0.25, 0.3) is 0 Å². The van der Waals surface area contributed by atoms with Crippen LogP contribution in [-0.2, 0) is 17.8 Å². The maximum Gasteiger partial charge on any atom is 0.324 e. The van der Waals surface area contributed by atoms with Crippen molar-refractivity contribution in [1.29, 1.82) is 0 Å². The predicted octanol–water partition coefficient (Wildman–Crippen LogP) is 4.98. The molecule has 3 aromatic rings. The fourth-order valence-electron chi connectivity index (χ4n) is 3.80. The number of nitrogens with zero attached hydrogens (tertiary/aromatic N) is 2. The van der Waals surface area contributed by atoms with Crippen LogP contribution in [0, 0.1) is 11.6 Å². The molecule has 1 fully saturated rings. The van der Waals surface area contributed by atoms with Crippen LogP contribution >= 0.6 is 0 Å². The Balaban J connectivity index is 1.39. The highest BCUT2D eigenvalue weighted by atomic mass is 19.1. The molecule has 1 N–H and O–H groups in total. The van der Waals surface area contributed by atoms with Gasteiger partial charge in [0.2, 0.25) is 5.91 Å². The first kappa shape index (κ1) is 21.5. The number of carbonyl (C=O) groups excluding carboxylic acids is 2. The van der Waals surface area contributed by atoms with Crippen LogP contribution in [0.3, 0.4) is 0 Å². The van der Waals surface area contributed by atoms with Gasteiger partial charge in [-0.2, -0.15) is 0 Å². The second kappa shape index (κ2) is 9.60. The van der Waals surface area contributed by atoms with Crippen molar-refractivity contribution in [3.05, 3.63) is 95.6 Å². The summed E-state index contributed by atoms with van der Waals surface area (Å²) in [6, 6.07) is 19.6. The zero-order valence-electron chi connectivity index (χ0n) is 17.4. The molecular weight excluding hydrogens is 412 g/mol. The highest BCUT2D eigenvalue weighted by molar-refractivity contribution is 5.94. The van der Waals surface area contributed by atoms with Gasteiger partial charge in [-0.15, -0.1) is 0 Å². The van der Waals surface area contributed by atoms with Crippen molar-refractivity contribution in [2.75, 3.05) is 23.3 Å². The molecule has 0 bridgehead atoms. The van der Waals surface area contributed by atoms with E-state index in [0.717, 1.165) is 18.1 Å². The van der Waals surface area contributed by atoms with Gasteiger partial charge < -0.3 is 10.2 Å². The van der Waals surface area contributed by atoms with Crippen molar-refractivity contribution in [3.8, 4) is 0 Å². The van der Waals surface area contributed by atoms with Crippen molar-refractivity contribution in [2.45, 2.75) is 19.4 Å². The number of amides is 3. The summed E-state index contributed by atoms with van der Waals surface area (Å²) >= 11 is 0. The first-order valence-electron chi connectivity index (χ1n) is 10.4. The first-order valence-corrected chi connectivity index (χ1v) is 10.4. The lowest BCUT2D eigenvalue weighted by Crippen LogP contribution is -2.49. The molecule has 0 spiro atoms. The molecule has 4 rings (SSSR count). The Labute approximate surface area is 185 Å². The summed E-state index contributed by atoms with van der Waals surface area (Å²) in [7, 11) is 0. The molecule has 1 saturated heterocycles. The fraction of sp³-hybridized carbons (Fsp3) is 0.200. The lowest BCUT2D eigenvalue weighted by Gasteiger charge is -2.35. The third-order valence-electron chi connectivity index (χ3n) is 5.28. The van der Waals surface area contributed by atoms with Gasteiger partial charge >= 0.3 is 6.03 Å². The molecule has 32 heavy (non-hydrogen) atoms. The summed E-state index contributed by atoms with van der Waals surface area (Å²) in [5.74, 6) is -1.44. The number of hydrogen-bond acceptors (Lipinski definition) is 2.